The predicted octanol–water partition coefficient (Wildman–Crippen LogP) is 0.411. The summed E-state index contributed by atoms with van der Waals surface area (Å²) in [6, 6.07) is 0. The predicted molar refractivity (Wildman–Crippen MR) is 48.8 cm³/mol. The van der Waals surface area contributed by atoms with Crippen LogP contribution in [0.4, 0.5) is 0 Å². The Bertz CT molecular complexity index is 277. The van der Waals surface area contributed by atoms with Crippen molar-refractivity contribution >= 4 is 11.9 Å². The molecule has 0 rings (SSSR count). The Morgan fingerprint density at radius 2 is 1.79 bits per heavy atom. The molecule has 0 aliphatic rings. The van der Waals surface area contributed by atoms with E-state index >= 15 is 0 Å². The summed E-state index contributed by atoms with van der Waals surface area (Å²) >= 11 is 0. The van der Waals surface area contributed by atoms with Crippen LogP contribution >= 0.6 is 0 Å². The van der Waals surface area contributed by atoms with Gasteiger partial charge in [-0.05, 0) is 18.9 Å². The molecule has 3 N–H and O–H groups in total. The number of carboxylic acids is 2. The molecule has 0 amide bonds. The fourth-order valence-electron chi connectivity index (χ4n) is 0.782. The summed E-state index contributed by atoms with van der Waals surface area (Å²) < 4.78 is 0. The van der Waals surface area contributed by atoms with Crippen molar-refractivity contribution in [2.45, 2.75) is 12.8 Å². The lowest BCUT2D eigenvalue weighted by Crippen LogP contribution is -2.05. The van der Waals surface area contributed by atoms with Gasteiger partial charge in [0, 0.05) is 12.2 Å². The molecule has 0 unspecified atom stereocenters. The van der Waals surface area contributed by atoms with Crippen LogP contribution in [0, 0.1) is 0 Å². The van der Waals surface area contributed by atoms with Gasteiger partial charge >= 0.3 is 11.9 Å². The second-order valence-electron chi connectivity index (χ2n) is 2.63. The van der Waals surface area contributed by atoms with E-state index in [1.807, 2.05) is 0 Å². The maximum absolute atomic E-state index is 10.6. The zero-order chi connectivity index (χ0) is 11.1. The van der Waals surface area contributed by atoms with Gasteiger partial charge in [0.25, 0.3) is 0 Å². The van der Waals surface area contributed by atoms with E-state index in [0.29, 0.717) is 0 Å². The fourth-order valence-corrected chi connectivity index (χ4v) is 0.782. The van der Waals surface area contributed by atoms with E-state index < -0.39 is 11.9 Å². The van der Waals surface area contributed by atoms with Gasteiger partial charge in [0.1, 0.15) is 0 Å². The minimum Gasteiger partial charge on any atom is -0.478 e. The van der Waals surface area contributed by atoms with E-state index in [1.165, 1.54) is 0 Å². The van der Waals surface area contributed by atoms with Crippen LogP contribution in [-0.4, -0.2) is 33.9 Å². The molecule has 0 atom stereocenters. The summed E-state index contributed by atoms with van der Waals surface area (Å²) in [5, 5.41) is 25.6. The second kappa shape index (κ2) is 5.93. The van der Waals surface area contributed by atoms with E-state index in [1.54, 1.807) is 0 Å². The highest BCUT2D eigenvalue weighted by Gasteiger charge is 2.09. The molecule has 0 radical (unpaired) electrons. The maximum Gasteiger partial charge on any atom is 0.335 e. The number of rotatable bonds is 6. The van der Waals surface area contributed by atoms with E-state index in [4.69, 9.17) is 15.3 Å². The molecular weight excluding hydrogens is 188 g/mol. The smallest absolute Gasteiger partial charge is 0.335 e. The molecular formula is C9H12O5. The summed E-state index contributed by atoms with van der Waals surface area (Å²) in [4.78, 5) is 20.9. The van der Waals surface area contributed by atoms with Gasteiger partial charge in [0.2, 0.25) is 0 Å². The topological polar surface area (TPSA) is 94.8 Å². The molecule has 5 nitrogen and oxygen atoms in total. The minimum absolute atomic E-state index is 0.0635. The van der Waals surface area contributed by atoms with Crippen molar-refractivity contribution in [2.75, 3.05) is 6.61 Å². The van der Waals surface area contributed by atoms with Crippen LogP contribution < -0.4 is 0 Å². The molecule has 0 aromatic carbocycles. The first-order chi connectivity index (χ1) is 6.49. The highest BCUT2D eigenvalue weighted by atomic mass is 16.4. The fraction of sp³-hybridized carbons (Fsp3) is 0.333. The molecule has 0 bridgehead atoms. The summed E-state index contributed by atoms with van der Waals surface area (Å²) in [6.07, 6.45) is 1.41. The lowest BCUT2D eigenvalue weighted by atomic mass is 10.1. The van der Waals surface area contributed by atoms with Crippen molar-refractivity contribution in [3.63, 3.8) is 0 Å². The third-order valence-electron chi connectivity index (χ3n) is 1.50. The maximum atomic E-state index is 10.6. The SMILES string of the molecule is C=C(C=C(CCCO)C(=O)O)C(=O)O. The van der Waals surface area contributed by atoms with Crippen molar-refractivity contribution in [3.8, 4) is 0 Å². The van der Waals surface area contributed by atoms with Gasteiger partial charge in [0.15, 0.2) is 0 Å². The Hall–Kier alpha value is -1.62. The summed E-state index contributed by atoms with van der Waals surface area (Å²) in [6.45, 7) is 3.05. The highest BCUT2D eigenvalue weighted by Crippen LogP contribution is 2.08. The monoisotopic (exact) mass is 200 g/mol. The van der Waals surface area contributed by atoms with Crippen LogP contribution in [0.1, 0.15) is 12.8 Å². The van der Waals surface area contributed by atoms with Crippen LogP contribution in [-0.2, 0) is 9.59 Å². The molecule has 0 spiro atoms. The Morgan fingerprint density at radius 1 is 1.21 bits per heavy atom. The van der Waals surface area contributed by atoms with Gasteiger partial charge in [-0.15, -0.1) is 0 Å². The summed E-state index contributed by atoms with van der Waals surface area (Å²) in [7, 11) is 0. The first-order valence-electron chi connectivity index (χ1n) is 3.96. The summed E-state index contributed by atoms with van der Waals surface area (Å²) in [5.74, 6) is -2.45. The lowest BCUT2D eigenvalue weighted by Gasteiger charge is -2.00. The Morgan fingerprint density at radius 3 is 2.14 bits per heavy atom. The van der Waals surface area contributed by atoms with Crippen LogP contribution in [0.3, 0.4) is 0 Å². The van der Waals surface area contributed by atoms with Gasteiger partial charge in [0.05, 0.1) is 5.57 Å². The largest absolute Gasteiger partial charge is 0.478 e. The molecule has 0 saturated heterocycles. The number of hydrogen-bond acceptors (Lipinski definition) is 3. The molecule has 0 fully saturated rings. The Balaban J connectivity index is 4.56. The van der Waals surface area contributed by atoms with E-state index in [0.717, 1.165) is 6.08 Å². The van der Waals surface area contributed by atoms with Gasteiger partial charge in [-0.3, -0.25) is 0 Å². The molecule has 0 aliphatic heterocycles. The average molecular weight is 200 g/mol. The third kappa shape index (κ3) is 4.42. The minimum atomic E-state index is -1.26. The first-order valence-corrected chi connectivity index (χ1v) is 3.96. The average Bonchev–Trinajstić information content (AvgIpc) is 2.10. The number of carbonyl (C=O) groups is 2. The van der Waals surface area contributed by atoms with Gasteiger partial charge in [-0.2, -0.15) is 0 Å². The quantitative estimate of drug-likeness (QED) is 0.426. The molecule has 0 saturated carbocycles. The van der Waals surface area contributed by atoms with Gasteiger partial charge in [-0.1, -0.05) is 6.58 Å². The van der Waals surface area contributed by atoms with Crippen molar-refractivity contribution < 1.29 is 24.9 Å². The number of aliphatic carboxylic acids is 2. The molecule has 0 aliphatic carbocycles. The van der Waals surface area contributed by atoms with E-state index in [9.17, 15) is 9.59 Å². The highest BCUT2D eigenvalue weighted by molar-refractivity contribution is 5.94. The normalized spacial score (nSPS) is 11.1. The third-order valence-corrected chi connectivity index (χ3v) is 1.50. The van der Waals surface area contributed by atoms with Crippen molar-refractivity contribution in [2.24, 2.45) is 0 Å². The van der Waals surface area contributed by atoms with E-state index in [-0.39, 0.29) is 30.6 Å². The molecule has 0 heterocycles. The number of aliphatic hydroxyl groups is 1. The van der Waals surface area contributed by atoms with E-state index in [2.05, 4.69) is 6.58 Å². The van der Waals surface area contributed by atoms with Gasteiger partial charge in [-0.25, -0.2) is 9.59 Å². The Labute approximate surface area is 81.0 Å². The van der Waals surface area contributed by atoms with Gasteiger partial charge < -0.3 is 15.3 Å². The Kier molecular flexibility index (Phi) is 5.24. The number of hydrogen-bond donors (Lipinski definition) is 3. The number of carboxylic acid groups (broad SMARTS) is 2. The standard InChI is InChI=1S/C9H12O5/c1-6(8(11)12)5-7(9(13)14)3-2-4-10/h5,10H,1-4H2,(H,11,12)(H,13,14). The molecule has 78 valence electrons. The first kappa shape index (κ1) is 12.4. The van der Waals surface area contributed by atoms with Crippen LogP contribution in [0.2, 0.25) is 0 Å². The summed E-state index contributed by atoms with van der Waals surface area (Å²) in [5.41, 5.74) is -0.341. The number of aliphatic hydroxyl groups excluding tert-OH is 1. The van der Waals surface area contributed by atoms with Crippen molar-refractivity contribution in [1.29, 1.82) is 0 Å². The second-order valence-corrected chi connectivity index (χ2v) is 2.63. The molecule has 0 aromatic heterocycles. The van der Waals surface area contributed by atoms with Crippen molar-refractivity contribution in [1.82, 2.24) is 0 Å². The zero-order valence-electron chi connectivity index (χ0n) is 7.56. The zero-order valence-corrected chi connectivity index (χ0v) is 7.56. The molecule has 14 heavy (non-hydrogen) atoms. The van der Waals surface area contributed by atoms with Crippen molar-refractivity contribution in [3.05, 3.63) is 23.8 Å². The van der Waals surface area contributed by atoms with Crippen LogP contribution in [0.15, 0.2) is 23.8 Å². The van der Waals surface area contributed by atoms with Crippen LogP contribution in [0.5, 0.6) is 0 Å². The van der Waals surface area contributed by atoms with Crippen LogP contribution in [0.25, 0.3) is 0 Å². The lowest BCUT2D eigenvalue weighted by molar-refractivity contribution is -0.133. The molecule has 0 aromatic rings. The molecule has 5 heteroatoms.